The third-order valence-corrected chi connectivity index (χ3v) is 6.14. The van der Waals surface area contributed by atoms with Gasteiger partial charge in [-0.05, 0) is 32.1 Å². The number of epoxide rings is 1. The molecular weight excluding hydrogens is 404 g/mol. The molecule has 1 aliphatic carbocycles. The zero-order valence-corrected chi connectivity index (χ0v) is 18.7. The lowest BCUT2D eigenvalue weighted by molar-refractivity contribution is -0.193. The Morgan fingerprint density at radius 1 is 1.39 bits per heavy atom. The Morgan fingerprint density at radius 2 is 2.06 bits per heavy atom. The Balaban J connectivity index is 2.09. The van der Waals surface area contributed by atoms with E-state index in [4.69, 9.17) is 18.9 Å². The zero-order valence-electron chi connectivity index (χ0n) is 18.7. The van der Waals surface area contributed by atoms with Crippen LogP contribution in [-0.4, -0.2) is 65.6 Å². The number of aliphatic hydroxyl groups is 1. The van der Waals surface area contributed by atoms with E-state index < -0.39 is 53.7 Å². The van der Waals surface area contributed by atoms with Crippen LogP contribution in [0.4, 0.5) is 0 Å². The van der Waals surface area contributed by atoms with E-state index in [9.17, 15) is 19.5 Å². The number of allylic oxidation sites excluding steroid dienone is 1. The number of Topliss-reactive ketones (excluding diaryl/α,β-unsaturated/α-hetero) is 1. The van der Waals surface area contributed by atoms with Crippen LogP contribution in [0.15, 0.2) is 24.3 Å². The second-order valence-electron chi connectivity index (χ2n) is 9.29. The van der Waals surface area contributed by atoms with Crippen LogP contribution in [0, 0.1) is 17.8 Å². The van der Waals surface area contributed by atoms with Crippen molar-refractivity contribution in [3.63, 3.8) is 0 Å². The lowest BCUT2D eigenvalue weighted by atomic mass is 9.75. The van der Waals surface area contributed by atoms with E-state index in [0.717, 1.165) is 0 Å². The summed E-state index contributed by atoms with van der Waals surface area (Å²) in [5.74, 6) is -2.59. The lowest BCUT2D eigenvalue weighted by Crippen LogP contribution is -2.60. The summed E-state index contributed by atoms with van der Waals surface area (Å²) >= 11 is 0. The second kappa shape index (κ2) is 8.84. The normalized spacial score (nSPS) is 40.5. The van der Waals surface area contributed by atoms with Crippen LogP contribution < -0.4 is 0 Å². The van der Waals surface area contributed by atoms with Crippen molar-refractivity contribution in [2.75, 3.05) is 6.61 Å². The van der Waals surface area contributed by atoms with Crippen LogP contribution in [0.1, 0.15) is 41.0 Å². The number of carbonyl (C=O) groups is 3. The van der Waals surface area contributed by atoms with Crippen LogP contribution in [0.3, 0.4) is 0 Å². The van der Waals surface area contributed by atoms with E-state index in [1.54, 1.807) is 6.92 Å². The van der Waals surface area contributed by atoms with Gasteiger partial charge in [-0.15, -0.1) is 0 Å². The largest absolute Gasteiger partial charge is 0.458 e. The van der Waals surface area contributed by atoms with Gasteiger partial charge in [-0.2, -0.15) is 0 Å². The molecule has 0 bridgehead atoms. The molecule has 0 amide bonds. The van der Waals surface area contributed by atoms with Gasteiger partial charge < -0.3 is 24.1 Å². The summed E-state index contributed by atoms with van der Waals surface area (Å²) in [5.41, 5.74) is -1.89. The summed E-state index contributed by atoms with van der Waals surface area (Å²) in [5, 5.41) is 11.4. The molecule has 3 fully saturated rings. The Labute approximate surface area is 182 Å². The number of hydrogen-bond donors (Lipinski definition) is 1. The van der Waals surface area contributed by atoms with Crippen LogP contribution in [-0.2, 0) is 33.3 Å². The summed E-state index contributed by atoms with van der Waals surface area (Å²) in [6.07, 6.45) is -1.05. The molecule has 8 heteroatoms. The highest BCUT2D eigenvalue weighted by Crippen LogP contribution is 2.45. The molecule has 172 valence electrons. The van der Waals surface area contributed by atoms with Crippen molar-refractivity contribution in [2.45, 2.75) is 77.2 Å². The third-order valence-electron chi connectivity index (χ3n) is 6.14. The Kier molecular flexibility index (Phi) is 6.74. The molecule has 1 saturated carbocycles. The fraction of sp³-hybridized carbons (Fsp3) is 0.696. The summed E-state index contributed by atoms with van der Waals surface area (Å²) in [4.78, 5) is 38.0. The Hall–Kier alpha value is -2.03. The predicted molar refractivity (Wildman–Crippen MR) is 110 cm³/mol. The molecule has 0 spiro atoms. The first-order chi connectivity index (χ1) is 14.5. The smallest absolute Gasteiger partial charge is 0.334 e. The first-order valence-corrected chi connectivity index (χ1v) is 10.8. The van der Waals surface area contributed by atoms with E-state index in [1.807, 2.05) is 20.8 Å². The summed E-state index contributed by atoms with van der Waals surface area (Å²) in [7, 11) is 0. The van der Waals surface area contributed by atoms with Crippen LogP contribution in [0.25, 0.3) is 0 Å². The van der Waals surface area contributed by atoms with E-state index in [0.29, 0.717) is 6.42 Å². The summed E-state index contributed by atoms with van der Waals surface area (Å²) in [6.45, 7) is 12.8. The predicted octanol–water partition coefficient (Wildman–Crippen LogP) is 1.74. The van der Waals surface area contributed by atoms with Crippen molar-refractivity contribution in [3.05, 3.63) is 24.3 Å². The maximum Gasteiger partial charge on any atom is 0.334 e. The monoisotopic (exact) mass is 436 g/mol. The first-order valence-electron chi connectivity index (χ1n) is 10.8. The minimum Gasteiger partial charge on any atom is -0.458 e. The number of rotatable bonds is 5. The first kappa shape index (κ1) is 23.6. The molecule has 8 atom stereocenters. The van der Waals surface area contributed by atoms with Gasteiger partial charge in [0.15, 0.2) is 11.4 Å². The second-order valence-corrected chi connectivity index (χ2v) is 9.29. The molecule has 3 rings (SSSR count). The minimum atomic E-state index is -2.03. The van der Waals surface area contributed by atoms with E-state index in [-0.39, 0.29) is 30.1 Å². The van der Waals surface area contributed by atoms with Gasteiger partial charge in [-0.3, -0.25) is 4.79 Å². The number of ketones is 1. The van der Waals surface area contributed by atoms with Gasteiger partial charge in [-0.25, -0.2) is 9.59 Å². The molecule has 0 aromatic heterocycles. The highest BCUT2D eigenvalue weighted by atomic mass is 16.6. The Bertz CT molecular complexity index is 782. The van der Waals surface area contributed by atoms with Crippen molar-refractivity contribution in [1.82, 2.24) is 0 Å². The fourth-order valence-corrected chi connectivity index (χ4v) is 4.45. The molecule has 2 heterocycles. The summed E-state index contributed by atoms with van der Waals surface area (Å²) < 4.78 is 22.9. The average molecular weight is 437 g/mol. The molecule has 0 radical (unpaired) electrons. The molecule has 0 aromatic rings. The standard InChI is InChI=1S/C23H32O8/c1-7-8-15(24)30-18-16-13(5)22(26)29-14(16)9-12(4)17-19(31-17)20(25)23(6,27)21(18)28-10-11(2)3/h7-8,11-12,14,16-19,21,27H,5,9-10H2,1-4,6H3. The zero-order chi connectivity index (χ0) is 23.1. The fourth-order valence-electron chi connectivity index (χ4n) is 4.45. The third kappa shape index (κ3) is 4.61. The number of esters is 2. The molecule has 2 saturated heterocycles. The van der Waals surface area contributed by atoms with Crippen molar-refractivity contribution < 1.29 is 38.4 Å². The van der Waals surface area contributed by atoms with Gasteiger partial charge in [0.25, 0.3) is 0 Å². The molecule has 1 N–H and O–H groups in total. The number of fused-ring (bicyclic) bond motifs is 2. The van der Waals surface area contributed by atoms with E-state index in [2.05, 4.69) is 6.58 Å². The van der Waals surface area contributed by atoms with Crippen molar-refractivity contribution in [3.8, 4) is 0 Å². The maximum absolute atomic E-state index is 13.2. The maximum atomic E-state index is 13.2. The summed E-state index contributed by atoms with van der Waals surface area (Å²) in [6, 6.07) is 0. The van der Waals surface area contributed by atoms with Crippen LogP contribution in [0.2, 0.25) is 0 Å². The van der Waals surface area contributed by atoms with Crippen LogP contribution >= 0.6 is 0 Å². The SMILES string of the molecule is C=C1C(=O)OC2CC(C)C3OC3C(=O)C(C)(O)C(OCC(C)C)C(OC(=O)C=CC)C12. The topological polar surface area (TPSA) is 112 Å². The molecule has 3 aliphatic rings. The quantitative estimate of drug-likeness (QED) is 0.394. The molecule has 0 aromatic carbocycles. The van der Waals surface area contributed by atoms with Crippen molar-refractivity contribution in [2.24, 2.45) is 17.8 Å². The van der Waals surface area contributed by atoms with Crippen molar-refractivity contribution >= 4 is 17.7 Å². The molecule has 8 nitrogen and oxygen atoms in total. The van der Waals surface area contributed by atoms with Gasteiger partial charge in [-0.1, -0.05) is 33.4 Å². The lowest BCUT2D eigenvalue weighted by Gasteiger charge is -2.40. The highest BCUT2D eigenvalue weighted by Gasteiger charge is 2.62. The van der Waals surface area contributed by atoms with E-state index in [1.165, 1.54) is 19.1 Å². The van der Waals surface area contributed by atoms with Gasteiger partial charge in [0.1, 0.15) is 24.4 Å². The van der Waals surface area contributed by atoms with Crippen LogP contribution in [0.5, 0.6) is 0 Å². The molecular formula is C23H32O8. The highest BCUT2D eigenvalue weighted by molar-refractivity contribution is 5.94. The number of hydrogen-bond acceptors (Lipinski definition) is 8. The van der Waals surface area contributed by atoms with E-state index >= 15 is 0 Å². The van der Waals surface area contributed by atoms with Gasteiger partial charge in [0.2, 0.25) is 0 Å². The van der Waals surface area contributed by atoms with Gasteiger partial charge in [0.05, 0.1) is 12.0 Å². The average Bonchev–Trinajstić information content (AvgIpc) is 3.42. The molecule has 31 heavy (non-hydrogen) atoms. The number of ether oxygens (including phenoxy) is 4. The van der Waals surface area contributed by atoms with Gasteiger partial charge >= 0.3 is 11.9 Å². The number of carbonyl (C=O) groups excluding carboxylic acids is 3. The van der Waals surface area contributed by atoms with Gasteiger partial charge in [0, 0.05) is 18.3 Å². The molecule has 8 unspecified atom stereocenters. The Morgan fingerprint density at radius 3 is 2.68 bits per heavy atom. The molecule has 2 aliphatic heterocycles. The van der Waals surface area contributed by atoms with Crippen molar-refractivity contribution in [1.29, 1.82) is 0 Å². The minimum absolute atomic E-state index is 0.0820.